The first-order valence-electron chi connectivity index (χ1n) is 9.03. The monoisotopic (exact) mass is 519 g/mol. The van der Waals surface area contributed by atoms with E-state index in [1.807, 2.05) is 25.1 Å². The van der Waals surface area contributed by atoms with E-state index in [2.05, 4.69) is 27.9 Å². The summed E-state index contributed by atoms with van der Waals surface area (Å²) in [6.45, 7) is 9.05. The molecule has 28 heavy (non-hydrogen) atoms. The maximum absolute atomic E-state index is 13.9. The first-order chi connectivity index (χ1) is 13.0. The summed E-state index contributed by atoms with van der Waals surface area (Å²) in [4.78, 5) is 0. The number of anilines is 1. The lowest BCUT2D eigenvalue weighted by molar-refractivity contribution is 0.137. The summed E-state index contributed by atoms with van der Waals surface area (Å²) in [6.07, 6.45) is -0.711. The Morgan fingerprint density at radius 2 is 1.61 bits per heavy atom. The Morgan fingerprint density at radius 1 is 1.00 bits per heavy atom. The Bertz CT molecular complexity index is 858. The molecule has 0 saturated carbocycles. The lowest BCUT2D eigenvalue weighted by atomic mass is 10.1. The number of halogens is 1. The SMILES string of the molecule is Cc1cc(I)ccc1NC(c1ccc(O)cc1O)P(=O)(OC(C)C)OC(C)C. The molecule has 0 aromatic heterocycles. The Kier molecular flexibility index (Phi) is 7.79. The van der Waals surface area contributed by atoms with E-state index >= 15 is 0 Å². The third-order valence-corrected chi connectivity index (χ3v) is 6.96. The number of hydrogen-bond donors (Lipinski definition) is 3. The second kappa shape index (κ2) is 9.48. The van der Waals surface area contributed by atoms with Gasteiger partial charge < -0.3 is 24.6 Å². The molecule has 0 radical (unpaired) electrons. The van der Waals surface area contributed by atoms with Gasteiger partial charge in [0.2, 0.25) is 0 Å². The van der Waals surface area contributed by atoms with Crippen molar-refractivity contribution >= 4 is 35.9 Å². The lowest BCUT2D eigenvalue weighted by Crippen LogP contribution is -2.19. The highest BCUT2D eigenvalue weighted by Crippen LogP contribution is 2.63. The van der Waals surface area contributed by atoms with Gasteiger partial charge in [0.05, 0.1) is 12.2 Å². The zero-order chi connectivity index (χ0) is 21.1. The van der Waals surface area contributed by atoms with Crippen LogP contribution in [0.1, 0.15) is 44.6 Å². The first-order valence-corrected chi connectivity index (χ1v) is 11.7. The van der Waals surface area contributed by atoms with Crippen molar-refractivity contribution < 1.29 is 23.8 Å². The van der Waals surface area contributed by atoms with Gasteiger partial charge in [-0.3, -0.25) is 4.57 Å². The van der Waals surface area contributed by atoms with Gasteiger partial charge in [-0.05, 0) is 93.1 Å². The van der Waals surface area contributed by atoms with Gasteiger partial charge >= 0.3 is 7.60 Å². The van der Waals surface area contributed by atoms with Crippen LogP contribution in [-0.4, -0.2) is 22.4 Å². The minimum Gasteiger partial charge on any atom is -0.508 e. The summed E-state index contributed by atoms with van der Waals surface area (Å²) in [7, 11) is -3.76. The van der Waals surface area contributed by atoms with E-state index in [1.165, 1.54) is 18.2 Å². The maximum Gasteiger partial charge on any atom is 0.357 e. The van der Waals surface area contributed by atoms with Crippen molar-refractivity contribution in [3.05, 3.63) is 51.1 Å². The van der Waals surface area contributed by atoms with Gasteiger partial charge in [0.25, 0.3) is 0 Å². The molecule has 0 aliphatic rings. The van der Waals surface area contributed by atoms with Crippen LogP contribution < -0.4 is 5.32 Å². The highest BCUT2D eigenvalue weighted by molar-refractivity contribution is 14.1. The number of aryl methyl sites for hydroxylation is 1. The highest BCUT2D eigenvalue weighted by Gasteiger charge is 2.41. The number of aromatic hydroxyl groups is 2. The van der Waals surface area contributed by atoms with Crippen LogP contribution in [0.3, 0.4) is 0 Å². The zero-order valence-electron chi connectivity index (χ0n) is 16.6. The molecule has 2 aromatic carbocycles. The minimum absolute atomic E-state index is 0.0881. The normalized spacial score (nSPS) is 13.1. The molecule has 0 aliphatic carbocycles. The Balaban J connectivity index is 2.60. The highest BCUT2D eigenvalue weighted by atomic mass is 127. The van der Waals surface area contributed by atoms with Crippen LogP contribution in [0.25, 0.3) is 0 Å². The van der Waals surface area contributed by atoms with Crippen LogP contribution in [0.2, 0.25) is 0 Å². The van der Waals surface area contributed by atoms with Gasteiger partial charge in [-0.15, -0.1) is 0 Å². The molecule has 0 fully saturated rings. The molecule has 2 aromatic rings. The smallest absolute Gasteiger partial charge is 0.357 e. The molecule has 0 saturated heterocycles. The van der Waals surface area contributed by atoms with Gasteiger partial charge in [0.1, 0.15) is 11.5 Å². The average molecular weight is 519 g/mol. The largest absolute Gasteiger partial charge is 0.508 e. The van der Waals surface area contributed by atoms with Gasteiger partial charge in [-0.1, -0.05) is 0 Å². The molecule has 3 N–H and O–H groups in total. The zero-order valence-corrected chi connectivity index (χ0v) is 19.7. The first kappa shape index (κ1) is 23.0. The third-order valence-electron chi connectivity index (χ3n) is 3.82. The molecule has 6 nitrogen and oxygen atoms in total. The molecule has 8 heteroatoms. The Hall–Kier alpha value is -1.28. The number of hydrogen-bond acceptors (Lipinski definition) is 6. The van der Waals surface area contributed by atoms with E-state index in [4.69, 9.17) is 9.05 Å². The number of rotatable bonds is 8. The van der Waals surface area contributed by atoms with Crippen molar-refractivity contribution in [2.75, 3.05) is 5.32 Å². The summed E-state index contributed by atoms with van der Waals surface area (Å²) in [5.74, 6) is -1.24. The molecule has 154 valence electrons. The molecule has 1 atom stereocenters. The molecular formula is C20H27INO5P. The summed E-state index contributed by atoms with van der Waals surface area (Å²) in [5, 5.41) is 23.4. The predicted molar refractivity (Wildman–Crippen MR) is 120 cm³/mol. The fourth-order valence-electron chi connectivity index (χ4n) is 2.76. The fraction of sp³-hybridized carbons (Fsp3) is 0.400. The second-order valence-corrected chi connectivity index (χ2v) is 10.4. The van der Waals surface area contributed by atoms with Crippen LogP contribution in [0.4, 0.5) is 5.69 Å². The molecule has 2 rings (SSSR count). The van der Waals surface area contributed by atoms with E-state index in [9.17, 15) is 14.8 Å². The van der Waals surface area contributed by atoms with E-state index in [0.717, 1.165) is 14.8 Å². The lowest BCUT2D eigenvalue weighted by Gasteiger charge is -2.32. The number of benzene rings is 2. The second-order valence-electron chi connectivity index (χ2n) is 7.10. The van der Waals surface area contributed by atoms with E-state index < -0.39 is 13.4 Å². The van der Waals surface area contributed by atoms with Crippen LogP contribution in [0.5, 0.6) is 11.5 Å². The number of nitrogens with one attached hydrogen (secondary N) is 1. The van der Waals surface area contributed by atoms with Crippen LogP contribution >= 0.6 is 30.2 Å². The summed E-state index contributed by atoms with van der Waals surface area (Å²) in [5.41, 5.74) is 2.02. The predicted octanol–water partition coefficient (Wildman–Crippen LogP) is 6.16. The Morgan fingerprint density at radius 3 is 2.11 bits per heavy atom. The molecule has 0 spiro atoms. The number of phenols is 2. The molecular weight excluding hydrogens is 492 g/mol. The van der Waals surface area contributed by atoms with E-state index in [-0.39, 0.29) is 23.7 Å². The topological polar surface area (TPSA) is 88.0 Å². The van der Waals surface area contributed by atoms with Gasteiger partial charge in [-0.25, -0.2) is 0 Å². The minimum atomic E-state index is -3.76. The van der Waals surface area contributed by atoms with Crippen molar-refractivity contribution in [2.45, 2.75) is 52.6 Å². The van der Waals surface area contributed by atoms with E-state index in [1.54, 1.807) is 27.7 Å². The van der Waals surface area contributed by atoms with Gasteiger partial charge in [0.15, 0.2) is 5.78 Å². The van der Waals surface area contributed by atoms with Crippen LogP contribution in [0, 0.1) is 10.5 Å². The average Bonchev–Trinajstić information content (AvgIpc) is 2.53. The summed E-state index contributed by atoms with van der Waals surface area (Å²) in [6, 6.07) is 9.97. The third kappa shape index (κ3) is 5.86. The van der Waals surface area contributed by atoms with Gasteiger partial charge in [0, 0.05) is 20.9 Å². The fourth-order valence-corrected chi connectivity index (χ4v) is 5.73. The summed E-state index contributed by atoms with van der Waals surface area (Å²) < 4.78 is 26.5. The van der Waals surface area contributed by atoms with Crippen molar-refractivity contribution in [1.82, 2.24) is 0 Å². The van der Waals surface area contributed by atoms with E-state index in [0.29, 0.717) is 5.56 Å². The maximum atomic E-state index is 13.9. The quantitative estimate of drug-likeness (QED) is 0.286. The molecule has 0 amide bonds. The van der Waals surface area contributed by atoms with Gasteiger partial charge in [-0.2, -0.15) is 0 Å². The summed E-state index contributed by atoms with van der Waals surface area (Å²) >= 11 is 2.22. The molecule has 0 bridgehead atoms. The molecule has 0 aliphatic heterocycles. The number of phenolic OH excluding ortho intramolecular Hbond substituents is 2. The molecule has 1 unspecified atom stereocenters. The Labute approximate surface area is 179 Å². The van der Waals surface area contributed by atoms with Crippen molar-refractivity contribution in [1.29, 1.82) is 0 Å². The van der Waals surface area contributed by atoms with Crippen LogP contribution in [-0.2, 0) is 13.6 Å². The van der Waals surface area contributed by atoms with Crippen molar-refractivity contribution in [2.24, 2.45) is 0 Å². The molecule has 0 heterocycles. The van der Waals surface area contributed by atoms with Crippen molar-refractivity contribution in [3.8, 4) is 11.5 Å². The van der Waals surface area contributed by atoms with Crippen molar-refractivity contribution in [3.63, 3.8) is 0 Å². The van der Waals surface area contributed by atoms with Crippen LogP contribution in [0.15, 0.2) is 36.4 Å². The standard InChI is InChI=1S/C20H27INO5P/c1-12(2)26-28(25,27-13(3)4)20(17-8-7-16(23)11-19(17)24)22-18-9-6-15(21)10-14(18)5/h6-13,20,22-24H,1-5H3.